The van der Waals surface area contributed by atoms with Gasteiger partial charge in [0.2, 0.25) is 0 Å². The summed E-state index contributed by atoms with van der Waals surface area (Å²) in [6.45, 7) is 5.69. The number of aryl methyl sites for hydroxylation is 2. The average molecular weight is 267 g/mol. The van der Waals surface area contributed by atoms with Crippen molar-refractivity contribution in [2.75, 3.05) is 33.7 Å². The lowest BCUT2D eigenvalue weighted by molar-refractivity contribution is 0.250. The Morgan fingerprint density at radius 3 is 3.06 bits per heavy atom. The molecule has 1 unspecified atom stereocenters. The van der Waals surface area contributed by atoms with Crippen LogP contribution in [0.3, 0.4) is 0 Å². The zero-order chi connectivity index (χ0) is 13.0. The summed E-state index contributed by atoms with van der Waals surface area (Å²) in [5, 5.41) is 4.58. The molecule has 0 radical (unpaired) electrons. The Morgan fingerprint density at radius 1 is 1.50 bits per heavy atom. The van der Waals surface area contributed by atoms with Crippen molar-refractivity contribution in [2.24, 2.45) is 0 Å². The van der Waals surface area contributed by atoms with Crippen LogP contribution < -0.4 is 5.32 Å². The molecule has 102 valence electrons. The second kappa shape index (κ2) is 6.64. The van der Waals surface area contributed by atoms with Gasteiger partial charge in [-0.3, -0.25) is 0 Å². The van der Waals surface area contributed by atoms with E-state index in [9.17, 15) is 0 Å². The summed E-state index contributed by atoms with van der Waals surface area (Å²) < 4.78 is 0. The smallest absolute Gasteiger partial charge is 0.0974 e. The Labute approximate surface area is 115 Å². The van der Waals surface area contributed by atoms with Gasteiger partial charge in [0.1, 0.15) is 0 Å². The first-order valence-electron chi connectivity index (χ1n) is 7.00. The summed E-state index contributed by atoms with van der Waals surface area (Å²) in [6.07, 6.45) is 5.01. The normalized spacial score (nSPS) is 21.4. The quantitative estimate of drug-likeness (QED) is 0.831. The van der Waals surface area contributed by atoms with Gasteiger partial charge in [0.25, 0.3) is 0 Å². The van der Waals surface area contributed by atoms with Crippen LogP contribution in [0.4, 0.5) is 0 Å². The zero-order valence-corrected chi connectivity index (χ0v) is 12.6. The lowest BCUT2D eigenvalue weighted by atomic mass is 9.99. The first-order chi connectivity index (χ1) is 8.70. The lowest BCUT2D eigenvalue weighted by Crippen LogP contribution is -2.30. The number of aromatic nitrogens is 1. The number of piperidine rings is 1. The van der Waals surface area contributed by atoms with E-state index in [0.717, 1.165) is 6.54 Å². The Bertz CT molecular complexity index is 375. The van der Waals surface area contributed by atoms with Crippen molar-refractivity contribution in [3.63, 3.8) is 0 Å². The number of nitrogens with one attached hydrogen (secondary N) is 1. The SMILES string of the molecule is CNCCCc1sc(C2CCCN(C)C2)nc1C. The van der Waals surface area contributed by atoms with Gasteiger partial charge in [-0.25, -0.2) is 4.98 Å². The minimum absolute atomic E-state index is 0.672. The van der Waals surface area contributed by atoms with Crippen molar-refractivity contribution in [3.8, 4) is 0 Å². The van der Waals surface area contributed by atoms with Gasteiger partial charge in [-0.1, -0.05) is 0 Å². The second-order valence-electron chi connectivity index (χ2n) is 5.37. The molecule has 1 aliphatic heterocycles. The predicted octanol–water partition coefficient (Wildman–Crippen LogP) is 2.41. The van der Waals surface area contributed by atoms with Crippen LogP contribution in [0.5, 0.6) is 0 Å². The third-order valence-electron chi connectivity index (χ3n) is 3.71. The zero-order valence-electron chi connectivity index (χ0n) is 11.8. The molecule has 0 aliphatic carbocycles. The molecule has 1 aromatic rings. The molecular formula is C14H25N3S. The molecule has 2 rings (SSSR count). The largest absolute Gasteiger partial charge is 0.320 e. The fourth-order valence-corrected chi connectivity index (χ4v) is 3.88. The summed E-state index contributed by atoms with van der Waals surface area (Å²) in [5.74, 6) is 0.672. The highest BCUT2D eigenvalue weighted by molar-refractivity contribution is 7.11. The molecule has 0 aromatic carbocycles. The molecule has 3 nitrogen and oxygen atoms in total. The van der Waals surface area contributed by atoms with E-state index < -0.39 is 0 Å². The van der Waals surface area contributed by atoms with Gasteiger partial charge in [-0.2, -0.15) is 0 Å². The number of nitrogens with zero attached hydrogens (tertiary/aromatic N) is 2. The lowest BCUT2D eigenvalue weighted by Gasteiger charge is -2.28. The summed E-state index contributed by atoms with van der Waals surface area (Å²) in [6, 6.07) is 0. The van der Waals surface area contributed by atoms with Crippen LogP contribution in [0.15, 0.2) is 0 Å². The van der Waals surface area contributed by atoms with Crippen molar-refractivity contribution < 1.29 is 0 Å². The molecule has 0 amide bonds. The Morgan fingerprint density at radius 2 is 2.33 bits per heavy atom. The highest BCUT2D eigenvalue weighted by atomic mass is 32.1. The number of likely N-dealkylation sites (N-methyl/N-ethyl adjacent to an activating group) is 1. The van der Waals surface area contributed by atoms with E-state index in [2.05, 4.69) is 24.2 Å². The summed E-state index contributed by atoms with van der Waals surface area (Å²) in [5.41, 5.74) is 1.26. The van der Waals surface area contributed by atoms with Gasteiger partial charge in [0, 0.05) is 17.3 Å². The molecule has 0 spiro atoms. The molecular weight excluding hydrogens is 242 g/mol. The molecule has 1 fully saturated rings. The molecule has 18 heavy (non-hydrogen) atoms. The van der Waals surface area contributed by atoms with E-state index in [4.69, 9.17) is 4.98 Å². The van der Waals surface area contributed by atoms with E-state index >= 15 is 0 Å². The van der Waals surface area contributed by atoms with Gasteiger partial charge < -0.3 is 10.2 Å². The van der Waals surface area contributed by atoms with Crippen molar-refractivity contribution in [2.45, 2.75) is 38.5 Å². The highest BCUT2D eigenvalue weighted by Gasteiger charge is 2.22. The summed E-state index contributed by atoms with van der Waals surface area (Å²) in [4.78, 5) is 8.75. The standard InChI is InChI=1S/C14H25N3S/c1-11-13(7-4-8-15-2)18-14(16-11)12-6-5-9-17(3)10-12/h12,15H,4-10H2,1-3H3. The van der Waals surface area contributed by atoms with Crippen molar-refractivity contribution in [1.82, 2.24) is 15.2 Å². The molecule has 0 bridgehead atoms. The first kappa shape index (κ1) is 14.0. The number of rotatable bonds is 5. The third kappa shape index (κ3) is 3.53. The van der Waals surface area contributed by atoms with Gasteiger partial charge in [-0.15, -0.1) is 11.3 Å². The van der Waals surface area contributed by atoms with Gasteiger partial charge >= 0.3 is 0 Å². The second-order valence-corrected chi connectivity index (χ2v) is 6.48. The van der Waals surface area contributed by atoms with E-state index in [0.29, 0.717) is 5.92 Å². The minimum atomic E-state index is 0.672. The number of hydrogen-bond acceptors (Lipinski definition) is 4. The topological polar surface area (TPSA) is 28.2 Å². The molecule has 1 saturated heterocycles. The molecule has 1 aliphatic rings. The minimum Gasteiger partial charge on any atom is -0.320 e. The number of hydrogen-bond donors (Lipinski definition) is 1. The van der Waals surface area contributed by atoms with Gasteiger partial charge in [0.05, 0.1) is 10.7 Å². The third-order valence-corrected chi connectivity index (χ3v) is 5.09. The Kier molecular flexibility index (Phi) is 5.15. The highest BCUT2D eigenvalue weighted by Crippen LogP contribution is 2.31. The molecule has 4 heteroatoms. The maximum absolute atomic E-state index is 4.82. The fourth-order valence-electron chi connectivity index (χ4n) is 2.65. The van der Waals surface area contributed by atoms with Crippen LogP contribution in [0.2, 0.25) is 0 Å². The summed E-state index contributed by atoms with van der Waals surface area (Å²) >= 11 is 1.95. The number of thiazole rings is 1. The maximum Gasteiger partial charge on any atom is 0.0974 e. The fraction of sp³-hybridized carbons (Fsp3) is 0.786. The van der Waals surface area contributed by atoms with Crippen LogP contribution in [0.25, 0.3) is 0 Å². The summed E-state index contributed by atoms with van der Waals surface area (Å²) in [7, 11) is 4.24. The van der Waals surface area contributed by atoms with Crippen LogP contribution in [-0.4, -0.2) is 43.6 Å². The van der Waals surface area contributed by atoms with Gasteiger partial charge in [0.15, 0.2) is 0 Å². The molecule has 2 heterocycles. The van der Waals surface area contributed by atoms with E-state index in [1.54, 1.807) is 0 Å². The first-order valence-corrected chi connectivity index (χ1v) is 7.81. The van der Waals surface area contributed by atoms with Crippen molar-refractivity contribution in [3.05, 3.63) is 15.6 Å². The van der Waals surface area contributed by atoms with E-state index in [1.807, 2.05) is 18.4 Å². The Balaban J connectivity index is 1.98. The van der Waals surface area contributed by atoms with E-state index in [-0.39, 0.29) is 0 Å². The molecule has 0 saturated carbocycles. The van der Waals surface area contributed by atoms with E-state index in [1.165, 1.54) is 54.4 Å². The number of likely N-dealkylation sites (tertiary alicyclic amines) is 1. The molecule has 1 aromatic heterocycles. The molecule has 1 N–H and O–H groups in total. The van der Waals surface area contributed by atoms with Crippen LogP contribution >= 0.6 is 11.3 Å². The molecule has 1 atom stereocenters. The van der Waals surface area contributed by atoms with Crippen LogP contribution in [0, 0.1) is 6.92 Å². The Hall–Kier alpha value is -0.450. The average Bonchev–Trinajstić information content (AvgIpc) is 2.72. The monoisotopic (exact) mass is 267 g/mol. The maximum atomic E-state index is 4.82. The van der Waals surface area contributed by atoms with Crippen molar-refractivity contribution in [1.29, 1.82) is 0 Å². The van der Waals surface area contributed by atoms with Crippen molar-refractivity contribution >= 4 is 11.3 Å². The van der Waals surface area contributed by atoms with Crippen LogP contribution in [0.1, 0.15) is 40.8 Å². The van der Waals surface area contributed by atoms with Gasteiger partial charge in [-0.05, 0) is 59.8 Å². The predicted molar refractivity (Wildman–Crippen MR) is 78.6 cm³/mol. The van der Waals surface area contributed by atoms with Crippen LogP contribution in [-0.2, 0) is 6.42 Å².